The minimum Gasteiger partial charge on any atom is -0.497 e. The van der Waals surface area contributed by atoms with E-state index in [9.17, 15) is 14.4 Å². The van der Waals surface area contributed by atoms with Crippen molar-refractivity contribution >= 4 is 18.0 Å². The number of carbonyl (C=O) groups excluding carboxylic acids is 3. The van der Waals surface area contributed by atoms with Crippen molar-refractivity contribution in [2.24, 2.45) is 0 Å². The number of ether oxygens (including phenoxy) is 1. The maximum Gasteiger partial charge on any atom is 0.325 e. The van der Waals surface area contributed by atoms with Gasteiger partial charge in [-0.25, -0.2) is 9.59 Å². The minimum absolute atomic E-state index is 0.107. The Morgan fingerprint density at radius 3 is 2.36 bits per heavy atom. The van der Waals surface area contributed by atoms with Crippen molar-refractivity contribution in [2.75, 3.05) is 40.8 Å². The van der Waals surface area contributed by atoms with Gasteiger partial charge in [0.05, 0.1) is 19.7 Å². The molecule has 2 saturated heterocycles. The molecule has 1 spiro atoms. The zero-order chi connectivity index (χ0) is 25.7. The summed E-state index contributed by atoms with van der Waals surface area (Å²) >= 11 is 0. The largest absolute Gasteiger partial charge is 0.497 e. The molecule has 2 aliphatic rings. The van der Waals surface area contributed by atoms with Crippen molar-refractivity contribution < 1.29 is 19.1 Å². The van der Waals surface area contributed by atoms with Crippen molar-refractivity contribution in [1.82, 2.24) is 25.3 Å². The highest BCUT2D eigenvalue weighted by Crippen LogP contribution is 2.31. The fourth-order valence-electron chi connectivity index (χ4n) is 4.83. The quantitative estimate of drug-likeness (QED) is 0.552. The van der Waals surface area contributed by atoms with Crippen molar-refractivity contribution in [3.63, 3.8) is 0 Å². The minimum atomic E-state index is -0.835. The van der Waals surface area contributed by atoms with E-state index in [1.165, 1.54) is 9.80 Å². The maximum atomic E-state index is 13.3. The average molecular weight is 494 g/mol. The number of nitrogens with zero attached hydrogens (tertiary/aromatic N) is 3. The summed E-state index contributed by atoms with van der Waals surface area (Å²) in [4.78, 5) is 43.5. The van der Waals surface area contributed by atoms with Crippen LogP contribution in [0.4, 0.5) is 9.59 Å². The van der Waals surface area contributed by atoms with E-state index < -0.39 is 5.54 Å². The second-order valence-corrected chi connectivity index (χ2v) is 9.69. The normalized spacial score (nSPS) is 18.1. The number of amides is 5. The van der Waals surface area contributed by atoms with Crippen LogP contribution in [0, 0.1) is 0 Å². The summed E-state index contributed by atoms with van der Waals surface area (Å²) in [5, 5.41) is 6.09. The molecular weight excluding hydrogens is 458 g/mol. The first kappa shape index (κ1) is 25.5. The second kappa shape index (κ2) is 11.0. The van der Waals surface area contributed by atoms with Crippen molar-refractivity contribution in [2.45, 2.75) is 37.4 Å². The zero-order valence-electron chi connectivity index (χ0n) is 21.2. The summed E-state index contributed by atoms with van der Waals surface area (Å²) in [7, 11) is 5.06. The molecule has 0 aromatic heterocycles. The summed E-state index contributed by atoms with van der Waals surface area (Å²) in [6, 6.07) is 16.8. The van der Waals surface area contributed by atoms with Crippen molar-refractivity contribution in [3.05, 3.63) is 65.7 Å². The third-order valence-electron chi connectivity index (χ3n) is 7.10. The number of urea groups is 2. The van der Waals surface area contributed by atoms with Crippen LogP contribution in [0.1, 0.15) is 36.4 Å². The third-order valence-corrected chi connectivity index (χ3v) is 7.10. The van der Waals surface area contributed by atoms with Crippen molar-refractivity contribution in [3.8, 4) is 5.75 Å². The molecule has 0 unspecified atom stereocenters. The van der Waals surface area contributed by atoms with Crippen LogP contribution < -0.4 is 15.4 Å². The monoisotopic (exact) mass is 493 g/mol. The molecule has 1 atom stereocenters. The highest BCUT2D eigenvalue weighted by molar-refractivity contribution is 6.07. The molecule has 36 heavy (non-hydrogen) atoms. The summed E-state index contributed by atoms with van der Waals surface area (Å²) < 4.78 is 5.18. The number of benzene rings is 2. The molecule has 2 N–H and O–H groups in total. The first-order chi connectivity index (χ1) is 17.3. The molecule has 2 aliphatic heterocycles. The van der Waals surface area contributed by atoms with E-state index in [1.807, 2.05) is 54.6 Å². The first-order valence-corrected chi connectivity index (χ1v) is 12.3. The molecule has 0 radical (unpaired) electrons. The Morgan fingerprint density at radius 1 is 1.08 bits per heavy atom. The van der Waals surface area contributed by atoms with Crippen LogP contribution >= 0.6 is 0 Å². The number of imide groups is 1. The van der Waals surface area contributed by atoms with E-state index in [2.05, 4.69) is 15.5 Å². The van der Waals surface area contributed by atoms with Gasteiger partial charge >= 0.3 is 12.1 Å². The number of carbonyl (C=O) groups is 3. The third kappa shape index (κ3) is 5.62. The van der Waals surface area contributed by atoms with E-state index in [1.54, 1.807) is 21.2 Å². The molecule has 2 aromatic rings. The molecule has 4 rings (SSSR count). The molecule has 0 bridgehead atoms. The fourth-order valence-corrected chi connectivity index (χ4v) is 4.83. The zero-order valence-corrected chi connectivity index (χ0v) is 21.2. The van der Waals surface area contributed by atoms with Crippen LogP contribution in [0.2, 0.25) is 0 Å². The van der Waals surface area contributed by atoms with Gasteiger partial charge in [0.2, 0.25) is 0 Å². The fraction of sp³-hybridized carbons (Fsp3) is 0.444. The Bertz CT molecular complexity index is 1070. The van der Waals surface area contributed by atoms with Crippen LogP contribution in [0.25, 0.3) is 0 Å². The van der Waals surface area contributed by atoms with Gasteiger partial charge in [0.25, 0.3) is 5.91 Å². The Morgan fingerprint density at radius 2 is 1.75 bits per heavy atom. The molecule has 2 fully saturated rings. The summed E-state index contributed by atoms with van der Waals surface area (Å²) in [5.74, 6) is 0.582. The average Bonchev–Trinajstić information content (AvgIpc) is 3.12. The second-order valence-electron chi connectivity index (χ2n) is 9.69. The molecule has 0 saturated carbocycles. The van der Waals surface area contributed by atoms with E-state index >= 15 is 0 Å². The Hall–Kier alpha value is -3.59. The van der Waals surface area contributed by atoms with Gasteiger partial charge in [-0.15, -0.1) is 0 Å². The number of hydrogen-bond acceptors (Lipinski definition) is 5. The van der Waals surface area contributed by atoms with Gasteiger partial charge in [0.15, 0.2) is 0 Å². The molecule has 2 aromatic carbocycles. The number of hydrogen-bond donors (Lipinski definition) is 2. The summed E-state index contributed by atoms with van der Waals surface area (Å²) in [6.45, 7) is 2.42. The van der Waals surface area contributed by atoms with Gasteiger partial charge in [-0.2, -0.15) is 0 Å². The lowest BCUT2D eigenvalue weighted by Crippen LogP contribution is -2.55. The smallest absolute Gasteiger partial charge is 0.325 e. The molecule has 2 heterocycles. The van der Waals surface area contributed by atoms with Gasteiger partial charge in [-0.3, -0.25) is 9.69 Å². The number of likely N-dealkylation sites (tertiary alicyclic amines) is 1. The van der Waals surface area contributed by atoms with Gasteiger partial charge in [-0.05, 0) is 42.5 Å². The van der Waals surface area contributed by atoms with E-state index in [4.69, 9.17) is 4.74 Å². The van der Waals surface area contributed by atoms with Crippen LogP contribution in [0.5, 0.6) is 5.75 Å². The van der Waals surface area contributed by atoms with E-state index in [0.29, 0.717) is 25.9 Å². The van der Waals surface area contributed by atoms with Crippen LogP contribution in [-0.4, -0.2) is 79.0 Å². The van der Waals surface area contributed by atoms with Crippen LogP contribution in [-0.2, 0) is 11.3 Å². The van der Waals surface area contributed by atoms with Gasteiger partial charge in [0.1, 0.15) is 11.3 Å². The van der Waals surface area contributed by atoms with Crippen LogP contribution in [0.15, 0.2) is 54.6 Å². The molecule has 9 nitrogen and oxygen atoms in total. The predicted octanol–water partition coefficient (Wildman–Crippen LogP) is 2.98. The Labute approximate surface area is 212 Å². The Balaban J connectivity index is 1.34. The van der Waals surface area contributed by atoms with E-state index in [0.717, 1.165) is 29.8 Å². The molecule has 5 amide bonds. The number of nitrogens with one attached hydrogen (secondary N) is 2. The highest BCUT2D eigenvalue weighted by Gasteiger charge is 2.52. The molecular formula is C27H35N5O4. The van der Waals surface area contributed by atoms with Gasteiger partial charge in [-0.1, -0.05) is 42.5 Å². The summed E-state index contributed by atoms with van der Waals surface area (Å²) in [6.07, 6.45) is 1.88. The molecule has 192 valence electrons. The topological polar surface area (TPSA) is 94.2 Å². The maximum absolute atomic E-state index is 13.3. The Kier molecular flexibility index (Phi) is 7.79. The molecule has 9 heteroatoms. The highest BCUT2D eigenvalue weighted by atomic mass is 16.5. The first-order valence-electron chi connectivity index (χ1n) is 12.3. The summed E-state index contributed by atoms with van der Waals surface area (Å²) in [5.41, 5.74) is 1.10. The number of rotatable bonds is 8. The SMILES string of the molecule is COc1ccc(CN2C(=O)NC3(CCN(CC[C@H](NC(=O)N(C)C)c4ccccc4)CC3)C2=O)cc1. The standard InChI is InChI=1S/C27H35N5O4/c1-30(2)25(34)28-23(21-7-5-4-6-8-21)13-16-31-17-14-27(15-18-31)24(33)32(26(35)29-27)19-20-9-11-22(36-3)12-10-20/h4-12,23H,13-19H2,1-3H3,(H,28,34)(H,29,35)/t23-/m0/s1. The number of methoxy groups -OCH3 is 1. The lowest BCUT2D eigenvalue weighted by atomic mass is 9.87. The predicted molar refractivity (Wildman–Crippen MR) is 136 cm³/mol. The lowest BCUT2D eigenvalue weighted by molar-refractivity contribution is -0.133. The van der Waals surface area contributed by atoms with Gasteiger partial charge in [0, 0.05) is 33.7 Å². The van der Waals surface area contributed by atoms with Crippen LogP contribution in [0.3, 0.4) is 0 Å². The van der Waals surface area contributed by atoms with Gasteiger partial charge < -0.3 is 25.2 Å². The van der Waals surface area contributed by atoms with E-state index in [-0.39, 0.29) is 30.6 Å². The van der Waals surface area contributed by atoms with Crippen molar-refractivity contribution in [1.29, 1.82) is 0 Å². The number of piperidine rings is 1. The molecule has 0 aliphatic carbocycles. The lowest BCUT2D eigenvalue weighted by Gasteiger charge is -2.38.